The Morgan fingerprint density at radius 2 is 2.40 bits per heavy atom. The molecular formula is C6H10FNO2. The lowest BCUT2D eigenvalue weighted by molar-refractivity contribution is -0.159. The highest BCUT2D eigenvalue weighted by Gasteiger charge is 2.44. The zero-order chi connectivity index (χ0) is 7.78. The third-order valence-corrected chi connectivity index (χ3v) is 2.01. The van der Waals surface area contributed by atoms with Crippen molar-refractivity contribution in [3.8, 4) is 0 Å². The van der Waals surface area contributed by atoms with E-state index in [2.05, 4.69) is 0 Å². The van der Waals surface area contributed by atoms with Crippen molar-refractivity contribution in [2.24, 2.45) is 0 Å². The number of carbonyl (C=O) groups is 1. The van der Waals surface area contributed by atoms with E-state index in [1.807, 2.05) is 0 Å². The van der Waals surface area contributed by atoms with Crippen LogP contribution in [0, 0.1) is 0 Å². The lowest BCUT2D eigenvalue weighted by atomic mass is 10.0. The average molecular weight is 147 g/mol. The molecule has 3 nitrogen and oxygen atoms in total. The second-order valence-electron chi connectivity index (χ2n) is 2.77. The van der Waals surface area contributed by atoms with Crippen LogP contribution < -0.4 is 0 Å². The van der Waals surface area contributed by atoms with Crippen LogP contribution >= 0.6 is 0 Å². The first-order chi connectivity index (χ1) is 4.57. The van der Waals surface area contributed by atoms with Crippen molar-refractivity contribution < 1.29 is 14.4 Å². The zero-order valence-electron chi connectivity index (χ0n) is 5.80. The van der Waals surface area contributed by atoms with Crippen molar-refractivity contribution in [2.75, 3.05) is 6.54 Å². The highest BCUT2D eigenvalue weighted by molar-refractivity contribution is 5.78. The summed E-state index contributed by atoms with van der Waals surface area (Å²) in [5.74, 6) is -1.08. The molecule has 1 N–H and O–H groups in total. The van der Waals surface area contributed by atoms with E-state index < -0.39 is 11.5 Å². The van der Waals surface area contributed by atoms with E-state index in [-0.39, 0.29) is 6.54 Å². The van der Waals surface area contributed by atoms with Gasteiger partial charge in [-0.25, -0.2) is 0 Å². The molecule has 1 saturated heterocycles. The molecule has 0 spiro atoms. The lowest BCUT2D eigenvalue weighted by Crippen LogP contribution is -2.43. The molecule has 0 aromatic heterocycles. The molecule has 0 radical (unpaired) electrons. The minimum absolute atomic E-state index is 0.239. The molecule has 1 unspecified atom stereocenters. The predicted molar refractivity (Wildman–Crippen MR) is 33.1 cm³/mol. The van der Waals surface area contributed by atoms with Crippen LogP contribution in [-0.2, 0) is 4.79 Å². The van der Waals surface area contributed by atoms with Gasteiger partial charge in [-0.2, -0.15) is 0 Å². The summed E-state index contributed by atoms with van der Waals surface area (Å²) in [6, 6.07) is 0. The summed E-state index contributed by atoms with van der Waals surface area (Å²) in [6.07, 6.45) is 1.03. The molecule has 0 aromatic carbocycles. The Hall–Kier alpha value is -0.640. The van der Waals surface area contributed by atoms with Gasteiger partial charge in [-0.3, -0.25) is 4.79 Å². The monoisotopic (exact) mass is 147 g/mol. The molecule has 0 amide bonds. The lowest BCUT2D eigenvalue weighted by Gasteiger charge is -2.22. The summed E-state index contributed by atoms with van der Waals surface area (Å²) in [6.45, 7) is 1.64. The van der Waals surface area contributed by atoms with Gasteiger partial charge in [0.1, 0.15) is 5.54 Å². The predicted octanol–water partition coefficient (Wildman–Crippen LogP) is 0.810. The van der Waals surface area contributed by atoms with Crippen LogP contribution in [0.3, 0.4) is 0 Å². The number of carboxylic acids is 1. The van der Waals surface area contributed by atoms with Crippen LogP contribution in [0.5, 0.6) is 0 Å². The van der Waals surface area contributed by atoms with Crippen molar-refractivity contribution in [1.29, 1.82) is 0 Å². The van der Waals surface area contributed by atoms with Gasteiger partial charge >= 0.3 is 5.97 Å². The topological polar surface area (TPSA) is 40.5 Å². The second-order valence-corrected chi connectivity index (χ2v) is 2.77. The van der Waals surface area contributed by atoms with E-state index in [4.69, 9.17) is 5.11 Å². The fourth-order valence-corrected chi connectivity index (χ4v) is 1.14. The molecular weight excluding hydrogens is 137 g/mol. The second kappa shape index (κ2) is 2.20. The average Bonchev–Trinajstić information content (AvgIpc) is 2.15. The van der Waals surface area contributed by atoms with Crippen LogP contribution in [0.1, 0.15) is 19.8 Å². The van der Waals surface area contributed by atoms with Gasteiger partial charge in [-0.15, -0.1) is 9.60 Å². The van der Waals surface area contributed by atoms with Gasteiger partial charge in [0.2, 0.25) is 0 Å². The Bertz CT molecular complexity index is 162. The minimum atomic E-state index is -1.26. The maximum Gasteiger partial charge on any atom is 0.326 e. The number of carboxylic acid groups (broad SMARTS) is 1. The molecule has 0 bridgehead atoms. The van der Waals surface area contributed by atoms with E-state index in [9.17, 15) is 9.28 Å². The van der Waals surface area contributed by atoms with Crippen LogP contribution in [0.2, 0.25) is 0 Å². The van der Waals surface area contributed by atoms with Crippen molar-refractivity contribution in [3.05, 3.63) is 0 Å². The largest absolute Gasteiger partial charge is 0.480 e. The molecule has 4 heteroatoms. The summed E-state index contributed by atoms with van der Waals surface area (Å²) in [4.78, 5) is 10.5. The van der Waals surface area contributed by atoms with Gasteiger partial charge in [-0.1, -0.05) is 0 Å². The molecule has 1 atom stereocenters. The molecule has 1 aliphatic rings. The summed E-state index contributed by atoms with van der Waals surface area (Å²) in [7, 11) is 0. The van der Waals surface area contributed by atoms with Crippen LogP contribution in [0.4, 0.5) is 4.48 Å². The Balaban J connectivity index is 2.75. The minimum Gasteiger partial charge on any atom is -0.480 e. The highest BCUT2D eigenvalue weighted by atomic mass is 19.2. The van der Waals surface area contributed by atoms with Gasteiger partial charge < -0.3 is 5.11 Å². The third-order valence-electron chi connectivity index (χ3n) is 2.01. The summed E-state index contributed by atoms with van der Waals surface area (Å²) in [5.41, 5.74) is -1.26. The Morgan fingerprint density at radius 1 is 1.80 bits per heavy atom. The van der Waals surface area contributed by atoms with Crippen LogP contribution in [-0.4, -0.2) is 28.3 Å². The summed E-state index contributed by atoms with van der Waals surface area (Å²) < 4.78 is 12.7. The van der Waals surface area contributed by atoms with Crippen molar-refractivity contribution >= 4 is 5.97 Å². The first-order valence-corrected chi connectivity index (χ1v) is 3.24. The van der Waals surface area contributed by atoms with Crippen LogP contribution in [0.15, 0.2) is 0 Å². The highest BCUT2D eigenvalue weighted by Crippen LogP contribution is 2.28. The number of aliphatic carboxylic acids is 1. The Kier molecular flexibility index (Phi) is 1.64. The molecule has 0 aromatic rings. The number of hydrogen-bond donors (Lipinski definition) is 1. The van der Waals surface area contributed by atoms with Crippen molar-refractivity contribution in [2.45, 2.75) is 25.3 Å². The van der Waals surface area contributed by atoms with Gasteiger partial charge in [0.15, 0.2) is 0 Å². The van der Waals surface area contributed by atoms with Gasteiger partial charge in [0.25, 0.3) is 0 Å². The van der Waals surface area contributed by atoms with E-state index in [0.717, 1.165) is 0 Å². The quantitative estimate of drug-likeness (QED) is 0.558. The number of hydrogen-bond acceptors (Lipinski definition) is 2. The third kappa shape index (κ3) is 0.883. The van der Waals surface area contributed by atoms with Crippen LogP contribution in [0.25, 0.3) is 0 Å². The fourth-order valence-electron chi connectivity index (χ4n) is 1.14. The smallest absolute Gasteiger partial charge is 0.326 e. The molecule has 1 rings (SSSR count). The number of halogens is 1. The van der Waals surface area contributed by atoms with E-state index >= 15 is 0 Å². The SMILES string of the molecule is CC1(C(=O)O)CCCN1F. The molecule has 10 heavy (non-hydrogen) atoms. The fraction of sp³-hybridized carbons (Fsp3) is 0.833. The molecule has 0 aliphatic carbocycles. The van der Waals surface area contributed by atoms with Gasteiger partial charge in [0, 0.05) is 6.54 Å². The Labute approximate surface area is 58.4 Å². The van der Waals surface area contributed by atoms with Gasteiger partial charge in [-0.05, 0) is 19.8 Å². The van der Waals surface area contributed by atoms with E-state index in [1.165, 1.54) is 6.92 Å². The first-order valence-electron chi connectivity index (χ1n) is 3.24. The number of rotatable bonds is 1. The van der Waals surface area contributed by atoms with E-state index in [1.54, 1.807) is 0 Å². The number of nitrogens with zero attached hydrogens (tertiary/aromatic N) is 1. The molecule has 0 saturated carbocycles. The molecule has 1 aliphatic heterocycles. The maximum atomic E-state index is 12.7. The summed E-state index contributed by atoms with van der Waals surface area (Å²) in [5, 5.41) is 8.96. The zero-order valence-corrected chi connectivity index (χ0v) is 5.80. The first kappa shape index (κ1) is 7.47. The molecule has 58 valence electrons. The van der Waals surface area contributed by atoms with E-state index in [0.29, 0.717) is 18.0 Å². The summed E-state index contributed by atoms with van der Waals surface area (Å²) >= 11 is 0. The maximum absolute atomic E-state index is 12.7. The van der Waals surface area contributed by atoms with Crippen molar-refractivity contribution in [3.63, 3.8) is 0 Å². The molecule has 1 fully saturated rings. The van der Waals surface area contributed by atoms with Crippen molar-refractivity contribution in [1.82, 2.24) is 5.12 Å². The Morgan fingerprint density at radius 3 is 2.60 bits per heavy atom. The normalized spacial score (nSPS) is 34.6. The standard InChI is InChI=1S/C6H10FNO2/c1-6(5(9)10)3-2-4-8(6)7/h2-4H2,1H3,(H,9,10). The molecule has 1 heterocycles. The van der Waals surface area contributed by atoms with Gasteiger partial charge in [0.05, 0.1) is 0 Å².